The van der Waals surface area contributed by atoms with Crippen LogP contribution in [0.1, 0.15) is 27.6 Å². The molecule has 0 amide bonds. The lowest BCUT2D eigenvalue weighted by Crippen LogP contribution is -2.36. The topological polar surface area (TPSA) is 82.8 Å². The number of methoxy groups -OCH3 is 2. The summed E-state index contributed by atoms with van der Waals surface area (Å²) in [4.78, 5) is 37.2. The second-order valence-electron chi connectivity index (χ2n) is 5.25. The maximum absolute atomic E-state index is 12.9. The average molecular weight is 330 g/mol. The molecule has 1 atom stereocenters. The molecule has 126 valence electrons. The Hall–Kier alpha value is -2.89. The van der Waals surface area contributed by atoms with Crippen molar-refractivity contribution < 1.29 is 28.3 Å². The summed E-state index contributed by atoms with van der Waals surface area (Å²) >= 11 is 0. The smallest absolute Gasteiger partial charge is 0.321 e. The van der Waals surface area contributed by atoms with Gasteiger partial charge in [0.2, 0.25) is 5.78 Å². The van der Waals surface area contributed by atoms with Crippen LogP contribution in [0.3, 0.4) is 0 Å². The third-order valence-corrected chi connectivity index (χ3v) is 3.73. The van der Waals surface area contributed by atoms with E-state index < -0.39 is 29.6 Å². The van der Waals surface area contributed by atoms with Gasteiger partial charge in [-0.3, -0.25) is 14.4 Å². The molecule has 1 aromatic heterocycles. The van der Waals surface area contributed by atoms with Crippen LogP contribution in [-0.2, 0) is 19.1 Å². The highest BCUT2D eigenvalue weighted by atomic mass is 16.5. The van der Waals surface area contributed by atoms with E-state index >= 15 is 0 Å². The second kappa shape index (κ2) is 7.59. The molecule has 1 aromatic carbocycles. The zero-order chi connectivity index (χ0) is 17.7. The van der Waals surface area contributed by atoms with Gasteiger partial charge in [0, 0.05) is 0 Å². The number of carbonyl (C=O) groups excluding carboxylic acids is 3. The van der Waals surface area contributed by atoms with Crippen LogP contribution in [0.15, 0.2) is 47.1 Å². The van der Waals surface area contributed by atoms with Crippen LogP contribution >= 0.6 is 0 Å². The first-order valence-electron chi connectivity index (χ1n) is 7.29. The van der Waals surface area contributed by atoms with Crippen LogP contribution in [0.2, 0.25) is 0 Å². The summed E-state index contributed by atoms with van der Waals surface area (Å²) in [5, 5.41) is 0. The number of Topliss-reactive ketones (excluding diaryl/α,β-unsaturated/α-hetero) is 1. The number of esters is 2. The van der Waals surface area contributed by atoms with Gasteiger partial charge < -0.3 is 13.9 Å². The number of furan rings is 1. The fourth-order valence-electron chi connectivity index (χ4n) is 2.46. The zero-order valence-corrected chi connectivity index (χ0v) is 13.6. The molecule has 2 rings (SSSR count). The molecule has 6 nitrogen and oxygen atoms in total. The van der Waals surface area contributed by atoms with Gasteiger partial charge in [0.15, 0.2) is 11.7 Å². The van der Waals surface area contributed by atoms with Crippen molar-refractivity contribution in [2.24, 2.45) is 5.92 Å². The Morgan fingerprint density at radius 2 is 1.54 bits per heavy atom. The number of benzene rings is 1. The Labute approximate surface area is 139 Å². The summed E-state index contributed by atoms with van der Waals surface area (Å²) in [5.74, 6) is -4.64. The van der Waals surface area contributed by atoms with E-state index in [1.165, 1.54) is 12.3 Å². The van der Waals surface area contributed by atoms with Crippen molar-refractivity contribution >= 4 is 17.7 Å². The fraction of sp³-hybridized carbons (Fsp3) is 0.278. The Balaban J connectivity index is 2.55. The second-order valence-corrected chi connectivity index (χ2v) is 5.25. The number of hydrogen-bond donors (Lipinski definition) is 0. The van der Waals surface area contributed by atoms with E-state index in [2.05, 4.69) is 0 Å². The quantitative estimate of drug-likeness (QED) is 0.460. The van der Waals surface area contributed by atoms with Crippen LogP contribution in [0.4, 0.5) is 0 Å². The van der Waals surface area contributed by atoms with Crippen molar-refractivity contribution in [1.29, 1.82) is 0 Å². The minimum atomic E-state index is -1.42. The first-order chi connectivity index (χ1) is 11.5. The van der Waals surface area contributed by atoms with E-state index in [-0.39, 0.29) is 5.76 Å². The minimum absolute atomic E-state index is 0.0541. The number of ketones is 1. The summed E-state index contributed by atoms with van der Waals surface area (Å²) < 4.78 is 14.6. The molecule has 0 aliphatic carbocycles. The molecule has 0 bridgehead atoms. The maximum Gasteiger partial charge on any atom is 0.321 e. The van der Waals surface area contributed by atoms with Crippen molar-refractivity contribution in [3.05, 3.63) is 59.5 Å². The Morgan fingerprint density at radius 3 is 2.00 bits per heavy atom. The van der Waals surface area contributed by atoms with Crippen molar-refractivity contribution in [3.63, 3.8) is 0 Å². The lowest BCUT2D eigenvalue weighted by Gasteiger charge is -2.22. The summed E-state index contributed by atoms with van der Waals surface area (Å²) in [6, 6.07) is 10.0. The van der Waals surface area contributed by atoms with E-state index in [4.69, 9.17) is 13.9 Å². The largest absolute Gasteiger partial charge is 0.468 e. The average Bonchev–Trinajstić information content (AvgIpc) is 3.13. The molecule has 0 saturated carbocycles. The number of carbonyl (C=O) groups is 3. The monoisotopic (exact) mass is 330 g/mol. The third kappa shape index (κ3) is 3.53. The standard InChI is InChI=1S/C18H18O6/c1-11-6-8-12(9-7-11)14(16(19)13-5-4-10-24-13)15(17(20)22-2)18(21)23-3/h4-10,14-15H,1-3H3/t14-/m1/s1. The van der Waals surface area contributed by atoms with E-state index in [1.807, 2.05) is 6.92 Å². The van der Waals surface area contributed by atoms with E-state index in [1.54, 1.807) is 30.3 Å². The number of hydrogen-bond acceptors (Lipinski definition) is 6. The first kappa shape index (κ1) is 17.5. The summed E-state index contributed by atoms with van der Waals surface area (Å²) in [6.07, 6.45) is 1.35. The molecular weight excluding hydrogens is 312 g/mol. The van der Waals surface area contributed by atoms with Crippen LogP contribution < -0.4 is 0 Å². The van der Waals surface area contributed by atoms with Gasteiger partial charge in [-0.1, -0.05) is 29.8 Å². The first-order valence-corrected chi connectivity index (χ1v) is 7.29. The van der Waals surface area contributed by atoms with E-state index in [0.717, 1.165) is 19.8 Å². The predicted octanol–water partition coefficient (Wildman–Crippen LogP) is 2.52. The number of ether oxygens (including phenoxy) is 2. The van der Waals surface area contributed by atoms with Crippen LogP contribution in [0.5, 0.6) is 0 Å². The van der Waals surface area contributed by atoms with E-state index in [9.17, 15) is 14.4 Å². The van der Waals surface area contributed by atoms with Gasteiger partial charge in [-0.15, -0.1) is 0 Å². The van der Waals surface area contributed by atoms with Crippen molar-refractivity contribution in [2.45, 2.75) is 12.8 Å². The Bertz CT molecular complexity index is 698. The number of rotatable bonds is 6. The van der Waals surface area contributed by atoms with Crippen molar-refractivity contribution in [1.82, 2.24) is 0 Å². The highest BCUT2D eigenvalue weighted by Crippen LogP contribution is 2.31. The predicted molar refractivity (Wildman–Crippen MR) is 84.5 cm³/mol. The molecule has 6 heteroatoms. The van der Waals surface area contributed by atoms with Gasteiger partial charge in [0.05, 0.1) is 26.4 Å². The van der Waals surface area contributed by atoms with Crippen LogP contribution in [0, 0.1) is 12.8 Å². The molecule has 0 unspecified atom stereocenters. The van der Waals surface area contributed by atoms with Crippen molar-refractivity contribution in [3.8, 4) is 0 Å². The summed E-state index contributed by atoms with van der Waals surface area (Å²) in [7, 11) is 2.31. The summed E-state index contributed by atoms with van der Waals surface area (Å²) in [5.41, 5.74) is 1.48. The van der Waals surface area contributed by atoms with Crippen molar-refractivity contribution in [2.75, 3.05) is 14.2 Å². The van der Waals surface area contributed by atoms with E-state index in [0.29, 0.717) is 5.56 Å². The number of aryl methyl sites for hydroxylation is 1. The Kier molecular flexibility index (Phi) is 5.52. The van der Waals surface area contributed by atoms with Gasteiger partial charge in [-0.25, -0.2) is 0 Å². The fourth-order valence-corrected chi connectivity index (χ4v) is 2.46. The molecule has 0 aliphatic heterocycles. The highest BCUT2D eigenvalue weighted by Gasteiger charge is 2.43. The minimum Gasteiger partial charge on any atom is -0.468 e. The molecule has 0 N–H and O–H groups in total. The maximum atomic E-state index is 12.9. The third-order valence-electron chi connectivity index (χ3n) is 3.73. The molecule has 2 aromatic rings. The molecule has 0 saturated heterocycles. The lowest BCUT2D eigenvalue weighted by molar-refractivity contribution is -0.159. The molecular formula is C18H18O6. The van der Waals surface area contributed by atoms with Gasteiger partial charge >= 0.3 is 11.9 Å². The van der Waals surface area contributed by atoms with Gasteiger partial charge in [0.1, 0.15) is 0 Å². The van der Waals surface area contributed by atoms with Gasteiger partial charge in [-0.05, 0) is 24.6 Å². The molecule has 0 radical (unpaired) electrons. The van der Waals surface area contributed by atoms with Gasteiger partial charge in [0.25, 0.3) is 0 Å². The van der Waals surface area contributed by atoms with Gasteiger partial charge in [-0.2, -0.15) is 0 Å². The Morgan fingerprint density at radius 1 is 0.958 bits per heavy atom. The zero-order valence-electron chi connectivity index (χ0n) is 13.6. The normalized spacial score (nSPS) is 11.8. The summed E-state index contributed by atoms with van der Waals surface area (Å²) in [6.45, 7) is 1.89. The lowest BCUT2D eigenvalue weighted by atomic mass is 9.81. The highest BCUT2D eigenvalue weighted by molar-refractivity contribution is 6.07. The van der Waals surface area contributed by atoms with Crippen LogP contribution in [-0.4, -0.2) is 31.9 Å². The molecule has 0 spiro atoms. The SMILES string of the molecule is COC(=O)C(C(=O)OC)[C@H](C(=O)c1ccco1)c1ccc(C)cc1. The molecule has 1 heterocycles. The molecule has 0 fully saturated rings. The van der Waals surface area contributed by atoms with Crippen LogP contribution in [0.25, 0.3) is 0 Å². The molecule has 0 aliphatic rings. The molecule has 24 heavy (non-hydrogen) atoms.